The number of ether oxygens (including phenoxy) is 1. The van der Waals surface area contributed by atoms with Crippen molar-refractivity contribution in [3.8, 4) is 17.0 Å². The number of anilines is 1. The van der Waals surface area contributed by atoms with Gasteiger partial charge < -0.3 is 24.2 Å². The Bertz CT molecular complexity index is 991. The highest BCUT2D eigenvalue weighted by molar-refractivity contribution is 5.95. The topological polar surface area (TPSA) is 79.0 Å². The lowest BCUT2D eigenvalue weighted by Gasteiger charge is -2.35. The van der Waals surface area contributed by atoms with E-state index in [0.29, 0.717) is 30.1 Å². The summed E-state index contributed by atoms with van der Waals surface area (Å²) in [5.41, 5.74) is 2.79. The number of nitrogens with zero attached hydrogens (tertiary/aromatic N) is 3. The number of hydrogen-bond donors (Lipinski definition) is 1. The highest BCUT2D eigenvalue weighted by Gasteiger charge is 2.31. The lowest BCUT2D eigenvalue weighted by Crippen LogP contribution is -2.48. The second-order valence-corrected chi connectivity index (χ2v) is 7.29. The Hall–Kier alpha value is -3.32. The molecular weight excluding hydrogens is 382 g/mol. The third-order valence-corrected chi connectivity index (χ3v) is 5.39. The quantitative estimate of drug-likeness (QED) is 0.699. The number of carbonyl (C=O) groups excluding carboxylic acids is 1. The Balaban J connectivity index is 1.54. The summed E-state index contributed by atoms with van der Waals surface area (Å²) in [5.74, 6) is 0.572. The molecule has 7 nitrogen and oxygen atoms in total. The number of aliphatic hydroxyl groups is 1. The van der Waals surface area contributed by atoms with Gasteiger partial charge in [0.1, 0.15) is 11.4 Å². The zero-order valence-corrected chi connectivity index (χ0v) is 17.1. The Labute approximate surface area is 175 Å². The largest absolute Gasteiger partial charge is 0.497 e. The van der Waals surface area contributed by atoms with E-state index in [1.165, 1.54) is 0 Å². The summed E-state index contributed by atoms with van der Waals surface area (Å²) in [6.07, 6.45) is -0.891. The van der Waals surface area contributed by atoms with Crippen LogP contribution in [-0.4, -0.2) is 54.4 Å². The van der Waals surface area contributed by atoms with Crippen LogP contribution in [0.15, 0.2) is 59.1 Å². The van der Waals surface area contributed by atoms with Crippen LogP contribution in [0.1, 0.15) is 29.1 Å². The van der Waals surface area contributed by atoms with Crippen molar-refractivity contribution in [1.29, 1.82) is 0 Å². The van der Waals surface area contributed by atoms with Gasteiger partial charge in [-0.1, -0.05) is 23.4 Å². The van der Waals surface area contributed by atoms with Crippen LogP contribution in [0.4, 0.5) is 5.69 Å². The molecule has 30 heavy (non-hydrogen) atoms. The first-order chi connectivity index (χ1) is 14.6. The van der Waals surface area contributed by atoms with Crippen molar-refractivity contribution in [2.45, 2.75) is 13.0 Å². The minimum absolute atomic E-state index is 0.101. The van der Waals surface area contributed by atoms with E-state index in [1.807, 2.05) is 30.3 Å². The summed E-state index contributed by atoms with van der Waals surface area (Å²) in [7, 11) is 1.60. The minimum Gasteiger partial charge on any atom is -0.497 e. The van der Waals surface area contributed by atoms with Crippen molar-refractivity contribution in [3.05, 3.63) is 65.9 Å². The number of methoxy groups -OCH3 is 1. The second kappa shape index (κ2) is 8.59. The van der Waals surface area contributed by atoms with Crippen molar-refractivity contribution in [2.75, 3.05) is 38.2 Å². The molecule has 1 aromatic heterocycles. The van der Waals surface area contributed by atoms with Crippen LogP contribution in [0.2, 0.25) is 0 Å². The average molecular weight is 407 g/mol. The number of aliphatic hydroxyl groups excluding tert-OH is 1. The SMILES string of the molecule is COc1ccc(-c2noc(C(=O)N3CCN(c4ccccc4)CC3)c2C(C)O)cc1. The van der Waals surface area contributed by atoms with Crippen LogP contribution in [-0.2, 0) is 0 Å². The fourth-order valence-electron chi connectivity index (χ4n) is 3.75. The van der Waals surface area contributed by atoms with Gasteiger partial charge in [-0.3, -0.25) is 4.79 Å². The van der Waals surface area contributed by atoms with Gasteiger partial charge in [-0.25, -0.2) is 0 Å². The van der Waals surface area contributed by atoms with E-state index in [-0.39, 0.29) is 11.7 Å². The van der Waals surface area contributed by atoms with E-state index >= 15 is 0 Å². The smallest absolute Gasteiger partial charge is 0.293 e. The molecule has 1 atom stereocenters. The molecular formula is C23H25N3O4. The zero-order valence-electron chi connectivity index (χ0n) is 17.1. The van der Waals surface area contributed by atoms with Crippen LogP contribution < -0.4 is 9.64 Å². The van der Waals surface area contributed by atoms with Gasteiger partial charge in [0.15, 0.2) is 0 Å². The van der Waals surface area contributed by atoms with Gasteiger partial charge in [0.05, 0.1) is 18.8 Å². The summed E-state index contributed by atoms with van der Waals surface area (Å²) < 4.78 is 10.6. The van der Waals surface area contributed by atoms with Crippen molar-refractivity contribution >= 4 is 11.6 Å². The van der Waals surface area contributed by atoms with Crippen molar-refractivity contribution < 1.29 is 19.2 Å². The van der Waals surface area contributed by atoms with Gasteiger partial charge in [-0.2, -0.15) is 0 Å². The molecule has 4 rings (SSSR count). The molecule has 156 valence electrons. The highest BCUT2D eigenvalue weighted by Crippen LogP contribution is 2.32. The third kappa shape index (κ3) is 3.89. The summed E-state index contributed by atoms with van der Waals surface area (Å²) >= 11 is 0. The maximum Gasteiger partial charge on any atom is 0.293 e. The van der Waals surface area contributed by atoms with E-state index in [4.69, 9.17) is 9.26 Å². The Morgan fingerprint density at radius 1 is 1.07 bits per heavy atom. The number of aromatic nitrogens is 1. The Morgan fingerprint density at radius 3 is 2.33 bits per heavy atom. The molecule has 0 bridgehead atoms. The third-order valence-electron chi connectivity index (χ3n) is 5.39. The zero-order chi connectivity index (χ0) is 21.1. The van der Waals surface area contributed by atoms with Crippen LogP contribution >= 0.6 is 0 Å². The molecule has 3 aromatic rings. The first-order valence-corrected chi connectivity index (χ1v) is 10.00. The van der Waals surface area contributed by atoms with Crippen LogP contribution in [0.3, 0.4) is 0 Å². The molecule has 1 N–H and O–H groups in total. The van der Waals surface area contributed by atoms with E-state index in [2.05, 4.69) is 22.2 Å². The predicted octanol–water partition coefficient (Wildman–Crippen LogP) is 3.37. The monoisotopic (exact) mass is 407 g/mol. The number of piperazine rings is 1. The average Bonchev–Trinajstić information content (AvgIpc) is 3.25. The molecule has 0 radical (unpaired) electrons. The van der Waals surface area contributed by atoms with Crippen LogP contribution in [0.5, 0.6) is 5.75 Å². The summed E-state index contributed by atoms with van der Waals surface area (Å²) in [4.78, 5) is 17.2. The van der Waals surface area contributed by atoms with Gasteiger partial charge in [0.25, 0.3) is 5.91 Å². The van der Waals surface area contributed by atoms with Crippen LogP contribution in [0, 0.1) is 0 Å². The van der Waals surface area contributed by atoms with Crippen molar-refractivity contribution in [1.82, 2.24) is 10.1 Å². The molecule has 0 spiro atoms. The first-order valence-electron chi connectivity index (χ1n) is 10.00. The minimum atomic E-state index is -0.891. The molecule has 1 aliphatic rings. The van der Waals surface area contributed by atoms with Gasteiger partial charge in [0.2, 0.25) is 5.76 Å². The molecule has 1 unspecified atom stereocenters. The number of hydrogen-bond acceptors (Lipinski definition) is 6. The van der Waals surface area contributed by atoms with E-state index in [9.17, 15) is 9.90 Å². The normalized spacial score (nSPS) is 15.2. The van der Waals surface area contributed by atoms with Gasteiger partial charge in [-0.15, -0.1) is 0 Å². The van der Waals surface area contributed by atoms with Crippen LogP contribution in [0.25, 0.3) is 11.3 Å². The standard InChI is InChI=1S/C23H25N3O4/c1-16(27)20-21(17-8-10-19(29-2)11-9-17)24-30-22(20)23(28)26-14-12-25(13-15-26)18-6-4-3-5-7-18/h3-11,16,27H,12-15H2,1-2H3. The van der Waals surface area contributed by atoms with E-state index in [1.54, 1.807) is 31.1 Å². The molecule has 0 saturated carbocycles. The van der Waals surface area contributed by atoms with E-state index < -0.39 is 6.10 Å². The Kier molecular flexibility index (Phi) is 5.72. The highest BCUT2D eigenvalue weighted by atomic mass is 16.5. The molecule has 2 heterocycles. The fourth-order valence-corrected chi connectivity index (χ4v) is 3.75. The number of para-hydroxylation sites is 1. The summed E-state index contributed by atoms with van der Waals surface area (Å²) in [5, 5.41) is 14.5. The number of rotatable bonds is 5. The molecule has 1 fully saturated rings. The number of amides is 1. The molecule has 0 aliphatic carbocycles. The number of benzene rings is 2. The van der Waals surface area contributed by atoms with Gasteiger partial charge in [-0.05, 0) is 43.3 Å². The summed E-state index contributed by atoms with van der Waals surface area (Å²) in [6.45, 7) is 4.24. The maximum atomic E-state index is 13.2. The van der Waals surface area contributed by atoms with Crippen molar-refractivity contribution in [2.24, 2.45) is 0 Å². The predicted molar refractivity (Wildman–Crippen MR) is 114 cm³/mol. The van der Waals surface area contributed by atoms with E-state index in [0.717, 1.165) is 24.3 Å². The molecule has 2 aromatic carbocycles. The molecule has 7 heteroatoms. The lowest BCUT2D eigenvalue weighted by molar-refractivity contribution is 0.0696. The lowest BCUT2D eigenvalue weighted by atomic mass is 10.0. The summed E-state index contributed by atoms with van der Waals surface area (Å²) in [6, 6.07) is 17.4. The molecule has 1 amide bonds. The Morgan fingerprint density at radius 2 is 1.73 bits per heavy atom. The first kappa shape index (κ1) is 20.0. The fraction of sp³-hybridized carbons (Fsp3) is 0.304. The van der Waals surface area contributed by atoms with Gasteiger partial charge in [0, 0.05) is 37.4 Å². The molecule has 1 aliphatic heterocycles. The van der Waals surface area contributed by atoms with Crippen molar-refractivity contribution in [3.63, 3.8) is 0 Å². The second-order valence-electron chi connectivity index (χ2n) is 7.29. The number of carbonyl (C=O) groups is 1. The maximum absolute atomic E-state index is 13.2. The molecule has 1 saturated heterocycles. The van der Waals surface area contributed by atoms with Gasteiger partial charge >= 0.3 is 0 Å².